The summed E-state index contributed by atoms with van der Waals surface area (Å²) in [4.78, 5) is 0. The van der Waals surface area contributed by atoms with E-state index in [0.29, 0.717) is 0 Å². The van der Waals surface area contributed by atoms with Gasteiger partial charge in [-0.25, -0.2) is 0 Å². The van der Waals surface area contributed by atoms with Crippen LogP contribution in [0.1, 0.15) is 16.7 Å². The number of hydrogen-bond acceptors (Lipinski definition) is 0. The van der Waals surface area contributed by atoms with E-state index in [1.807, 2.05) is 0 Å². The molecule has 0 radical (unpaired) electrons. The summed E-state index contributed by atoms with van der Waals surface area (Å²) >= 11 is 5.08. The molecule has 0 saturated carbocycles. The molecule has 0 spiro atoms. The average molecular weight is 444 g/mol. The third-order valence-corrected chi connectivity index (χ3v) is 5.35. The Bertz CT molecular complexity index is 583. The Kier molecular flexibility index (Phi) is 3.02. The Balaban J connectivity index is 2.17. The highest BCUT2D eigenvalue weighted by Gasteiger charge is 2.36. The molecule has 1 aliphatic carbocycles. The second kappa shape index (κ2) is 4.39. The summed E-state index contributed by atoms with van der Waals surface area (Å²) in [6, 6.07) is 19.3. The van der Waals surface area contributed by atoms with Gasteiger partial charge in [-0.15, -0.1) is 0 Å². The number of rotatable bonds is 1. The quantitative estimate of drug-likeness (QED) is 0.416. The Hall–Kier alpha value is -0.360. The van der Waals surface area contributed by atoms with Gasteiger partial charge in [0.1, 0.15) is 1.43 Å². The molecule has 0 nitrogen and oxygen atoms in total. The molecule has 0 aromatic heterocycles. The molecule has 0 unspecified atom stereocenters. The zero-order valence-electron chi connectivity index (χ0n) is 9.03. The SMILES string of the molecule is IC1(I)C(c2ccccc2)=Cc2ccccc21. The number of alkyl halides is 2. The van der Waals surface area contributed by atoms with E-state index in [1.54, 1.807) is 0 Å². The molecule has 0 atom stereocenters. The van der Waals surface area contributed by atoms with E-state index in [0.717, 1.165) is 0 Å². The van der Waals surface area contributed by atoms with Gasteiger partial charge in [0.25, 0.3) is 0 Å². The molecule has 0 N–H and O–H groups in total. The number of fused-ring (bicyclic) bond motifs is 1. The number of halogens is 2. The molecule has 3 rings (SSSR count). The molecule has 2 heteroatoms. The van der Waals surface area contributed by atoms with Crippen LogP contribution in [-0.2, 0) is 1.43 Å². The second-order valence-electron chi connectivity index (χ2n) is 4.09. The lowest BCUT2D eigenvalue weighted by Crippen LogP contribution is -2.07. The van der Waals surface area contributed by atoms with E-state index < -0.39 is 0 Å². The summed E-state index contributed by atoms with van der Waals surface area (Å²) in [5.74, 6) is 0. The van der Waals surface area contributed by atoms with E-state index >= 15 is 0 Å². The monoisotopic (exact) mass is 444 g/mol. The van der Waals surface area contributed by atoms with Gasteiger partial charge < -0.3 is 0 Å². The predicted octanol–water partition coefficient (Wildman–Crippen LogP) is 5.26. The zero-order chi connectivity index (χ0) is 11.9. The standard InChI is InChI=1S/C15H10I2/c16-15(17)13-9-5-4-8-12(13)10-14(15)11-6-2-1-3-7-11/h1-10H. The summed E-state index contributed by atoms with van der Waals surface area (Å²) < 4.78 is 0.0491. The maximum atomic E-state index is 2.54. The van der Waals surface area contributed by atoms with Crippen molar-refractivity contribution in [1.29, 1.82) is 0 Å². The number of hydrogen-bond donors (Lipinski definition) is 0. The van der Waals surface area contributed by atoms with Crippen LogP contribution in [0, 0.1) is 0 Å². The minimum absolute atomic E-state index is 0.0491. The van der Waals surface area contributed by atoms with Crippen LogP contribution >= 0.6 is 45.2 Å². The van der Waals surface area contributed by atoms with Crippen molar-refractivity contribution in [2.24, 2.45) is 0 Å². The summed E-state index contributed by atoms with van der Waals surface area (Å²) in [5.41, 5.74) is 5.45. The Labute approximate surface area is 128 Å². The van der Waals surface area contributed by atoms with Crippen LogP contribution in [0.2, 0.25) is 0 Å². The summed E-state index contributed by atoms with van der Waals surface area (Å²) in [5, 5.41) is 0. The van der Waals surface area contributed by atoms with Crippen LogP contribution in [0.25, 0.3) is 11.6 Å². The van der Waals surface area contributed by atoms with Crippen molar-refractivity contribution in [3.05, 3.63) is 71.3 Å². The van der Waals surface area contributed by atoms with Crippen LogP contribution in [0.5, 0.6) is 0 Å². The number of benzene rings is 2. The predicted molar refractivity (Wildman–Crippen MR) is 90.5 cm³/mol. The Morgan fingerprint density at radius 2 is 1.41 bits per heavy atom. The minimum Gasteiger partial charge on any atom is -0.0622 e. The van der Waals surface area contributed by atoms with Gasteiger partial charge in [-0.2, -0.15) is 0 Å². The van der Waals surface area contributed by atoms with Gasteiger partial charge in [0.15, 0.2) is 0 Å². The normalized spacial score (nSPS) is 16.5. The fourth-order valence-electron chi connectivity index (χ4n) is 2.18. The minimum atomic E-state index is 0.0491. The average Bonchev–Trinajstić information content (AvgIpc) is 2.63. The zero-order valence-corrected chi connectivity index (χ0v) is 13.3. The van der Waals surface area contributed by atoms with Crippen molar-refractivity contribution in [3.63, 3.8) is 0 Å². The van der Waals surface area contributed by atoms with Crippen LogP contribution in [0.3, 0.4) is 0 Å². The molecule has 84 valence electrons. The van der Waals surface area contributed by atoms with Crippen molar-refractivity contribution < 1.29 is 0 Å². The number of allylic oxidation sites excluding steroid dienone is 1. The van der Waals surface area contributed by atoms with E-state index in [1.165, 1.54) is 22.3 Å². The third-order valence-electron chi connectivity index (χ3n) is 3.02. The third kappa shape index (κ3) is 1.95. The lowest BCUT2D eigenvalue weighted by atomic mass is 10.0. The molecule has 17 heavy (non-hydrogen) atoms. The van der Waals surface area contributed by atoms with Crippen LogP contribution in [-0.4, -0.2) is 0 Å². The highest BCUT2D eigenvalue weighted by atomic mass is 127. The maximum Gasteiger partial charge on any atom is 0.124 e. The summed E-state index contributed by atoms with van der Waals surface area (Å²) in [6.07, 6.45) is 2.31. The first kappa shape index (κ1) is 11.7. The van der Waals surface area contributed by atoms with Gasteiger partial charge in [-0.05, 0) is 28.3 Å². The fraction of sp³-hybridized carbons (Fsp3) is 0.0667. The highest BCUT2D eigenvalue weighted by Crippen LogP contribution is 2.56. The van der Waals surface area contributed by atoms with Gasteiger partial charge >= 0.3 is 0 Å². The van der Waals surface area contributed by atoms with Crippen molar-refractivity contribution in [1.82, 2.24) is 0 Å². The topological polar surface area (TPSA) is 0 Å². The van der Waals surface area contributed by atoms with Crippen molar-refractivity contribution in [2.45, 2.75) is 1.43 Å². The van der Waals surface area contributed by atoms with Crippen LogP contribution in [0.4, 0.5) is 0 Å². The molecule has 0 amide bonds. The summed E-state index contributed by atoms with van der Waals surface area (Å²) in [7, 11) is 0. The highest BCUT2D eigenvalue weighted by molar-refractivity contribution is 14.2. The first-order valence-electron chi connectivity index (χ1n) is 5.44. The molecule has 0 aliphatic heterocycles. The van der Waals surface area contributed by atoms with E-state index in [-0.39, 0.29) is 1.43 Å². The fourth-order valence-corrected chi connectivity index (χ4v) is 4.10. The van der Waals surface area contributed by atoms with Crippen LogP contribution < -0.4 is 0 Å². The van der Waals surface area contributed by atoms with Gasteiger partial charge in [0.05, 0.1) is 0 Å². The van der Waals surface area contributed by atoms with Gasteiger partial charge in [0, 0.05) is 0 Å². The molecule has 1 aliphatic rings. The van der Waals surface area contributed by atoms with Crippen LogP contribution in [0.15, 0.2) is 54.6 Å². The van der Waals surface area contributed by atoms with Crippen molar-refractivity contribution >= 4 is 56.8 Å². The van der Waals surface area contributed by atoms with E-state index in [9.17, 15) is 0 Å². The molecule has 0 fully saturated rings. The Morgan fingerprint density at radius 3 is 2.12 bits per heavy atom. The van der Waals surface area contributed by atoms with E-state index in [4.69, 9.17) is 0 Å². The van der Waals surface area contributed by atoms with Gasteiger partial charge in [0.2, 0.25) is 0 Å². The molecule has 0 bridgehead atoms. The van der Waals surface area contributed by atoms with Crippen molar-refractivity contribution in [2.75, 3.05) is 0 Å². The molecule has 2 aromatic carbocycles. The Morgan fingerprint density at radius 1 is 0.765 bits per heavy atom. The van der Waals surface area contributed by atoms with Gasteiger partial charge in [-0.3, -0.25) is 0 Å². The largest absolute Gasteiger partial charge is 0.124 e. The first-order chi connectivity index (χ1) is 8.19. The smallest absolute Gasteiger partial charge is 0.0622 e. The van der Waals surface area contributed by atoms with Gasteiger partial charge in [-0.1, -0.05) is 99.8 Å². The molecule has 2 aromatic rings. The van der Waals surface area contributed by atoms with Crippen molar-refractivity contribution in [3.8, 4) is 0 Å². The second-order valence-corrected chi connectivity index (χ2v) is 9.39. The first-order valence-corrected chi connectivity index (χ1v) is 7.60. The molecule has 0 saturated heterocycles. The maximum absolute atomic E-state index is 2.54. The van der Waals surface area contributed by atoms with E-state index in [2.05, 4.69) is 106 Å². The molecule has 0 heterocycles. The lowest BCUT2D eigenvalue weighted by Gasteiger charge is -2.20. The lowest BCUT2D eigenvalue weighted by molar-refractivity contribution is 1.29. The molecular formula is C15H10I2. The summed E-state index contributed by atoms with van der Waals surface area (Å²) in [6.45, 7) is 0. The molecular weight excluding hydrogens is 434 g/mol.